The summed E-state index contributed by atoms with van der Waals surface area (Å²) in [7, 11) is 1.70. The van der Waals surface area contributed by atoms with Gasteiger partial charge < -0.3 is 10.0 Å². The predicted octanol–water partition coefficient (Wildman–Crippen LogP) is 2.14. The van der Waals surface area contributed by atoms with Gasteiger partial charge in [-0.05, 0) is 24.7 Å². The molecule has 1 atom stereocenters. The van der Waals surface area contributed by atoms with E-state index in [-0.39, 0.29) is 23.7 Å². The molecule has 98 valence electrons. The molecular formula is C13H23NO3. The number of nitrogens with zero attached hydrogens (tertiary/aromatic N) is 1. The molecule has 0 heterocycles. The largest absolute Gasteiger partial charge is 0.481 e. The summed E-state index contributed by atoms with van der Waals surface area (Å²) in [5.41, 5.74) is 0.242. The number of hydrogen-bond acceptors (Lipinski definition) is 2. The van der Waals surface area contributed by atoms with E-state index >= 15 is 0 Å². The molecule has 4 nitrogen and oxygen atoms in total. The van der Waals surface area contributed by atoms with Crippen LogP contribution in [0.5, 0.6) is 0 Å². The monoisotopic (exact) mass is 241 g/mol. The second-order valence-corrected chi connectivity index (χ2v) is 5.86. The molecule has 0 bridgehead atoms. The van der Waals surface area contributed by atoms with Crippen molar-refractivity contribution in [3.05, 3.63) is 0 Å². The maximum atomic E-state index is 12.1. The Morgan fingerprint density at radius 3 is 2.59 bits per heavy atom. The highest BCUT2D eigenvalue weighted by Crippen LogP contribution is 2.39. The molecule has 0 aliphatic heterocycles. The molecule has 1 fully saturated rings. The van der Waals surface area contributed by atoms with Gasteiger partial charge in [-0.3, -0.25) is 9.59 Å². The molecule has 0 spiro atoms. The molecule has 0 aromatic carbocycles. The number of aliphatic carboxylic acids is 1. The van der Waals surface area contributed by atoms with Gasteiger partial charge in [0.05, 0.1) is 6.42 Å². The lowest BCUT2D eigenvalue weighted by Gasteiger charge is -2.36. The fourth-order valence-electron chi connectivity index (χ4n) is 2.59. The summed E-state index contributed by atoms with van der Waals surface area (Å²) in [4.78, 5) is 24.2. The molecule has 1 aliphatic rings. The first kappa shape index (κ1) is 14.0. The average Bonchev–Trinajstić information content (AvgIpc) is 2.23. The summed E-state index contributed by atoms with van der Waals surface area (Å²) in [5.74, 6) is -0.662. The van der Waals surface area contributed by atoms with Gasteiger partial charge in [-0.15, -0.1) is 0 Å². The Balaban J connectivity index is 2.48. The van der Waals surface area contributed by atoms with E-state index in [2.05, 4.69) is 13.8 Å². The van der Waals surface area contributed by atoms with Crippen molar-refractivity contribution >= 4 is 11.9 Å². The third-order valence-corrected chi connectivity index (χ3v) is 3.59. The van der Waals surface area contributed by atoms with E-state index in [0.717, 1.165) is 19.3 Å². The predicted molar refractivity (Wildman–Crippen MR) is 65.6 cm³/mol. The van der Waals surface area contributed by atoms with Crippen molar-refractivity contribution in [1.29, 1.82) is 0 Å². The fraction of sp³-hybridized carbons (Fsp3) is 0.846. The lowest BCUT2D eigenvalue weighted by Crippen LogP contribution is -2.38. The average molecular weight is 241 g/mol. The highest BCUT2D eigenvalue weighted by Gasteiger charge is 2.33. The molecule has 1 unspecified atom stereocenters. The van der Waals surface area contributed by atoms with Crippen molar-refractivity contribution in [2.24, 2.45) is 11.3 Å². The number of carbonyl (C=O) groups is 2. The van der Waals surface area contributed by atoms with Crippen molar-refractivity contribution in [2.75, 3.05) is 13.6 Å². The molecule has 1 saturated carbocycles. The Labute approximate surface area is 103 Å². The molecule has 1 rings (SSSR count). The quantitative estimate of drug-likeness (QED) is 0.820. The maximum Gasteiger partial charge on any atom is 0.305 e. The second kappa shape index (κ2) is 5.52. The van der Waals surface area contributed by atoms with Crippen LogP contribution in [0.15, 0.2) is 0 Å². The van der Waals surface area contributed by atoms with Crippen LogP contribution in [0.1, 0.15) is 46.0 Å². The Hall–Kier alpha value is -1.06. The van der Waals surface area contributed by atoms with E-state index in [1.165, 1.54) is 6.42 Å². The van der Waals surface area contributed by atoms with Gasteiger partial charge in [0.1, 0.15) is 0 Å². The first-order valence-electron chi connectivity index (χ1n) is 6.28. The van der Waals surface area contributed by atoms with E-state index in [1.54, 1.807) is 11.9 Å². The fourth-order valence-corrected chi connectivity index (χ4v) is 2.59. The van der Waals surface area contributed by atoms with Crippen LogP contribution in [-0.4, -0.2) is 35.5 Å². The summed E-state index contributed by atoms with van der Waals surface area (Å²) >= 11 is 0. The lowest BCUT2D eigenvalue weighted by molar-refractivity contribution is -0.140. The van der Waals surface area contributed by atoms with Crippen LogP contribution in [0.3, 0.4) is 0 Å². The number of carboxylic acid groups (broad SMARTS) is 1. The molecular weight excluding hydrogens is 218 g/mol. The Bertz CT molecular complexity index is 299. The zero-order chi connectivity index (χ0) is 13.1. The smallest absolute Gasteiger partial charge is 0.305 e. The third kappa shape index (κ3) is 4.36. The molecule has 0 radical (unpaired) electrons. The molecule has 0 saturated heterocycles. The summed E-state index contributed by atoms with van der Waals surface area (Å²) in [5, 5.41) is 8.60. The molecule has 17 heavy (non-hydrogen) atoms. The van der Waals surface area contributed by atoms with Gasteiger partial charge in [0.2, 0.25) is 5.91 Å². The van der Waals surface area contributed by atoms with Crippen molar-refractivity contribution in [3.63, 3.8) is 0 Å². The van der Waals surface area contributed by atoms with Crippen LogP contribution < -0.4 is 0 Å². The minimum Gasteiger partial charge on any atom is -0.481 e. The summed E-state index contributed by atoms with van der Waals surface area (Å²) < 4.78 is 0. The third-order valence-electron chi connectivity index (χ3n) is 3.59. The molecule has 1 aliphatic carbocycles. The van der Waals surface area contributed by atoms with Crippen molar-refractivity contribution in [3.8, 4) is 0 Å². The highest BCUT2D eigenvalue weighted by molar-refractivity contribution is 5.79. The lowest BCUT2D eigenvalue weighted by atomic mass is 9.72. The number of carboxylic acids is 1. The van der Waals surface area contributed by atoms with Gasteiger partial charge in [0.15, 0.2) is 0 Å². The standard InChI is InChI=1S/C13H23NO3/c1-13(2)7-4-5-10(9-13)12(17)14(3)8-6-11(15)16/h10H,4-9H2,1-3H3,(H,15,16). The van der Waals surface area contributed by atoms with E-state index in [0.29, 0.717) is 6.54 Å². The normalized spacial score (nSPS) is 23.1. The Morgan fingerprint density at radius 1 is 1.41 bits per heavy atom. The first-order chi connectivity index (χ1) is 7.82. The number of rotatable bonds is 4. The van der Waals surface area contributed by atoms with E-state index < -0.39 is 5.97 Å². The minimum atomic E-state index is -0.853. The zero-order valence-corrected chi connectivity index (χ0v) is 11.0. The van der Waals surface area contributed by atoms with Crippen LogP contribution >= 0.6 is 0 Å². The van der Waals surface area contributed by atoms with Crippen molar-refractivity contribution in [1.82, 2.24) is 4.90 Å². The minimum absolute atomic E-state index is 0.0261. The van der Waals surface area contributed by atoms with Gasteiger partial charge in [-0.1, -0.05) is 20.3 Å². The SMILES string of the molecule is CN(CCC(=O)O)C(=O)C1CCCC(C)(C)C1. The molecule has 0 aromatic rings. The van der Waals surface area contributed by atoms with Crippen LogP contribution in [0.25, 0.3) is 0 Å². The van der Waals surface area contributed by atoms with E-state index in [4.69, 9.17) is 5.11 Å². The number of amides is 1. The molecule has 0 aromatic heterocycles. The van der Waals surface area contributed by atoms with E-state index in [9.17, 15) is 9.59 Å². The Morgan fingerprint density at radius 2 is 2.06 bits per heavy atom. The summed E-state index contributed by atoms with van der Waals surface area (Å²) in [6, 6.07) is 0. The molecule has 4 heteroatoms. The summed E-state index contributed by atoms with van der Waals surface area (Å²) in [6.45, 7) is 4.71. The van der Waals surface area contributed by atoms with Crippen molar-refractivity contribution < 1.29 is 14.7 Å². The van der Waals surface area contributed by atoms with Gasteiger partial charge in [-0.2, -0.15) is 0 Å². The van der Waals surface area contributed by atoms with E-state index in [1.807, 2.05) is 0 Å². The van der Waals surface area contributed by atoms with Crippen molar-refractivity contribution in [2.45, 2.75) is 46.0 Å². The zero-order valence-electron chi connectivity index (χ0n) is 11.0. The van der Waals surface area contributed by atoms with Crippen LogP contribution in [0.4, 0.5) is 0 Å². The van der Waals surface area contributed by atoms with Gasteiger partial charge in [-0.25, -0.2) is 0 Å². The molecule has 1 amide bonds. The molecule has 1 N–H and O–H groups in total. The summed E-state index contributed by atoms with van der Waals surface area (Å²) in [6.07, 6.45) is 4.16. The van der Waals surface area contributed by atoms with Gasteiger partial charge in [0, 0.05) is 19.5 Å². The topological polar surface area (TPSA) is 57.6 Å². The van der Waals surface area contributed by atoms with Crippen LogP contribution in [-0.2, 0) is 9.59 Å². The van der Waals surface area contributed by atoms with Crippen LogP contribution in [0.2, 0.25) is 0 Å². The number of hydrogen-bond donors (Lipinski definition) is 1. The number of carbonyl (C=O) groups excluding carboxylic acids is 1. The first-order valence-corrected chi connectivity index (χ1v) is 6.28. The Kier molecular flexibility index (Phi) is 4.54. The highest BCUT2D eigenvalue weighted by atomic mass is 16.4. The maximum absolute atomic E-state index is 12.1. The van der Waals surface area contributed by atoms with Crippen LogP contribution in [0, 0.1) is 11.3 Å². The van der Waals surface area contributed by atoms with Gasteiger partial charge >= 0.3 is 5.97 Å². The second-order valence-electron chi connectivity index (χ2n) is 5.86. The van der Waals surface area contributed by atoms with Gasteiger partial charge in [0.25, 0.3) is 0 Å².